The number of halogens is 2. The number of nitrogens with zero attached hydrogens (tertiary/aromatic N) is 1. The molecule has 1 aromatic rings. The van der Waals surface area contributed by atoms with Gasteiger partial charge in [-0.2, -0.15) is 0 Å². The van der Waals surface area contributed by atoms with E-state index in [-0.39, 0.29) is 5.97 Å². The van der Waals surface area contributed by atoms with Crippen LogP contribution >= 0.6 is 27.5 Å². The van der Waals surface area contributed by atoms with E-state index in [1.54, 1.807) is 12.1 Å². The number of benzene rings is 1. The van der Waals surface area contributed by atoms with Crippen LogP contribution in [0.4, 0.5) is 5.69 Å². The van der Waals surface area contributed by atoms with Gasteiger partial charge >= 0.3 is 5.97 Å². The number of ether oxygens (including phenoxy) is 1. The normalized spacial score (nSPS) is 10.9. The Kier molecular flexibility index (Phi) is 8.07. The zero-order valence-electron chi connectivity index (χ0n) is 12.5. The van der Waals surface area contributed by atoms with Gasteiger partial charge < -0.3 is 10.5 Å². The summed E-state index contributed by atoms with van der Waals surface area (Å²) in [5, 5.41) is 0. The van der Waals surface area contributed by atoms with Gasteiger partial charge in [0.05, 0.1) is 17.9 Å². The van der Waals surface area contributed by atoms with Gasteiger partial charge in [-0.25, -0.2) is 4.79 Å². The summed E-state index contributed by atoms with van der Waals surface area (Å²) in [6, 6.07) is 3.51. The van der Waals surface area contributed by atoms with Gasteiger partial charge in [0.15, 0.2) is 0 Å². The molecule has 0 atom stereocenters. The van der Waals surface area contributed by atoms with Crippen molar-refractivity contribution in [2.24, 2.45) is 0 Å². The highest BCUT2D eigenvalue weighted by molar-refractivity contribution is 9.10. The van der Waals surface area contributed by atoms with Gasteiger partial charge in [-0.1, -0.05) is 13.8 Å². The van der Waals surface area contributed by atoms with Gasteiger partial charge in [-0.3, -0.25) is 4.90 Å². The molecule has 118 valence electrons. The molecule has 0 fully saturated rings. The number of hydrogen-bond acceptors (Lipinski definition) is 4. The lowest BCUT2D eigenvalue weighted by Gasteiger charge is -2.20. The molecule has 0 aliphatic carbocycles. The van der Waals surface area contributed by atoms with Crippen molar-refractivity contribution in [1.29, 1.82) is 0 Å². The zero-order chi connectivity index (χ0) is 15.8. The second-order valence-electron chi connectivity index (χ2n) is 4.67. The monoisotopic (exact) mass is 376 g/mol. The maximum absolute atomic E-state index is 12.0. The van der Waals surface area contributed by atoms with Crippen molar-refractivity contribution in [1.82, 2.24) is 4.90 Å². The first-order chi connectivity index (χ1) is 10.0. The van der Waals surface area contributed by atoms with Gasteiger partial charge in [-0.05, 0) is 53.1 Å². The Morgan fingerprint density at radius 3 is 2.62 bits per heavy atom. The second kappa shape index (κ2) is 9.28. The van der Waals surface area contributed by atoms with Crippen molar-refractivity contribution >= 4 is 39.2 Å². The first-order valence-corrected chi connectivity index (χ1v) is 8.39. The molecule has 0 saturated carbocycles. The van der Waals surface area contributed by atoms with E-state index in [1.165, 1.54) is 0 Å². The fourth-order valence-electron chi connectivity index (χ4n) is 1.91. The van der Waals surface area contributed by atoms with Crippen LogP contribution in [0.3, 0.4) is 0 Å². The number of hydrogen-bond donors (Lipinski definition) is 1. The number of carbonyl (C=O) groups excluding carboxylic acids is 1. The lowest BCUT2D eigenvalue weighted by atomic mass is 10.1. The highest BCUT2D eigenvalue weighted by Gasteiger charge is 2.14. The van der Waals surface area contributed by atoms with Crippen LogP contribution in [0.5, 0.6) is 0 Å². The predicted octanol–water partition coefficient (Wildman–Crippen LogP) is 3.66. The Morgan fingerprint density at radius 1 is 1.38 bits per heavy atom. The molecule has 1 aromatic carbocycles. The lowest BCUT2D eigenvalue weighted by Crippen LogP contribution is -2.23. The SMILES string of the molecule is CCN(CC)Cc1cc(C(=O)OCCCCl)cc(Br)c1N. The largest absolute Gasteiger partial charge is 0.462 e. The van der Waals surface area contributed by atoms with Crippen molar-refractivity contribution in [2.75, 3.05) is 31.3 Å². The summed E-state index contributed by atoms with van der Waals surface area (Å²) < 4.78 is 5.90. The molecule has 2 N–H and O–H groups in total. The Bertz CT molecular complexity index is 479. The minimum absolute atomic E-state index is 0.329. The van der Waals surface area contributed by atoms with Crippen LogP contribution in [-0.4, -0.2) is 36.4 Å². The summed E-state index contributed by atoms with van der Waals surface area (Å²) in [7, 11) is 0. The van der Waals surface area contributed by atoms with Gasteiger partial charge in [-0.15, -0.1) is 11.6 Å². The van der Waals surface area contributed by atoms with Gasteiger partial charge in [0, 0.05) is 16.9 Å². The third-order valence-electron chi connectivity index (χ3n) is 3.25. The summed E-state index contributed by atoms with van der Waals surface area (Å²) in [4.78, 5) is 14.3. The standard InChI is InChI=1S/C15H22BrClN2O2/c1-3-19(4-2)10-12-8-11(9-13(16)14(12)18)15(20)21-7-5-6-17/h8-9H,3-7,10,18H2,1-2H3. The zero-order valence-corrected chi connectivity index (χ0v) is 14.8. The number of nitrogen functional groups attached to an aromatic ring is 1. The van der Waals surface area contributed by atoms with E-state index in [2.05, 4.69) is 34.7 Å². The topological polar surface area (TPSA) is 55.6 Å². The van der Waals surface area contributed by atoms with Gasteiger partial charge in [0.1, 0.15) is 0 Å². The smallest absolute Gasteiger partial charge is 0.338 e. The number of rotatable bonds is 8. The van der Waals surface area contributed by atoms with Crippen molar-refractivity contribution in [3.05, 3.63) is 27.7 Å². The molecular weight excluding hydrogens is 356 g/mol. The summed E-state index contributed by atoms with van der Waals surface area (Å²) in [5.74, 6) is 0.132. The average molecular weight is 378 g/mol. The van der Waals surface area contributed by atoms with Crippen molar-refractivity contribution in [2.45, 2.75) is 26.8 Å². The molecule has 0 aliphatic heterocycles. The van der Waals surface area contributed by atoms with Crippen LogP contribution < -0.4 is 5.73 Å². The van der Waals surface area contributed by atoms with Crippen LogP contribution in [0.1, 0.15) is 36.2 Å². The van der Waals surface area contributed by atoms with Gasteiger partial charge in [0.2, 0.25) is 0 Å². The maximum atomic E-state index is 12.0. The third-order valence-corrected chi connectivity index (χ3v) is 4.17. The van der Waals surface area contributed by atoms with E-state index in [4.69, 9.17) is 22.1 Å². The van der Waals surface area contributed by atoms with Crippen molar-refractivity contribution < 1.29 is 9.53 Å². The molecule has 0 radical (unpaired) electrons. The molecule has 0 bridgehead atoms. The first-order valence-electron chi connectivity index (χ1n) is 7.06. The van der Waals surface area contributed by atoms with E-state index in [9.17, 15) is 4.79 Å². The van der Waals surface area contributed by atoms with E-state index < -0.39 is 0 Å². The highest BCUT2D eigenvalue weighted by Crippen LogP contribution is 2.27. The molecule has 4 nitrogen and oxygen atoms in total. The maximum Gasteiger partial charge on any atom is 0.338 e. The lowest BCUT2D eigenvalue weighted by molar-refractivity contribution is 0.0506. The first kappa shape index (κ1) is 18.3. The Labute approximate surface area is 139 Å². The van der Waals surface area contributed by atoms with Crippen LogP contribution in [0.25, 0.3) is 0 Å². The number of nitrogens with two attached hydrogens (primary N) is 1. The molecule has 0 spiro atoms. The number of carbonyl (C=O) groups is 1. The molecule has 6 heteroatoms. The minimum Gasteiger partial charge on any atom is -0.462 e. The Balaban J connectivity index is 2.92. The second-order valence-corrected chi connectivity index (χ2v) is 5.90. The number of anilines is 1. The van der Waals surface area contributed by atoms with E-state index in [0.717, 1.165) is 23.1 Å². The summed E-state index contributed by atoms with van der Waals surface area (Å²) in [5.41, 5.74) is 8.19. The quantitative estimate of drug-likeness (QED) is 0.325. The summed E-state index contributed by atoms with van der Waals surface area (Å²) in [6.45, 7) is 7.09. The van der Waals surface area contributed by atoms with Crippen LogP contribution in [0.2, 0.25) is 0 Å². The molecule has 0 unspecified atom stereocenters. The fourth-order valence-corrected chi connectivity index (χ4v) is 2.52. The molecule has 0 amide bonds. The van der Waals surface area contributed by atoms with E-state index in [0.29, 0.717) is 36.7 Å². The number of esters is 1. The van der Waals surface area contributed by atoms with Crippen molar-refractivity contribution in [3.8, 4) is 0 Å². The van der Waals surface area contributed by atoms with Crippen LogP contribution in [0, 0.1) is 0 Å². The molecule has 0 heterocycles. The summed E-state index contributed by atoms with van der Waals surface area (Å²) >= 11 is 8.98. The number of alkyl halides is 1. The molecule has 0 aromatic heterocycles. The van der Waals surface area contributed by atoms with E-state index >= 15 is 0 Å². The van der Waals surface area contributed by atoms with Crippen molar-refractivity contribution in [3.63, 3.8) is 0 Å². The third kappa shape index (κ3) is 5.49. The summed E-state index contributed by atoms with van der Waals surface area (Å²) in [6.07, 6.45) is 0.649. The fraction of sp³-hybridized carbons (Fsp3) is 0.533. The molecule has 1 rings (SSSR count). The highest BCUT2D eigenvalue weighted by atomic mass is 79.9. The predicted molar refractivity (Wildman–Crippen MR) is 90.8 cm³/mol. The Morgan fingerprint density at radius 2 is 2.05 bits per heavy atom. The molecule has 21 heavy (non-hydrogen) atoms. The average Bonchev–Trinajstić information content (AvgIpc) is 2.48. The molecular formula is C15H22BrClN2O2. The molecule has 0 saturated heterocycles. The van der Waals surface area contributed by atoms with Crippen LogP contribution in [0.15, 0.2) is 16.6 Å². The van der Waals surface area contributed by atoms with Crippen LogP contribution in [-0.2, 0) is 11.3 Å². The van der Waals surface area contributed by atoms with Gasteiger partial charge in [0.25, 0.3) is 0 Å². The minimum atomic E-state index is -0.346. The Hall–Kier alpha value is -0.780. The molecule has 0 aliphatic rings. The van der Waals surface area contributed by atoms with E-state index in [1.807, 2.05) is 0 Å².